The van der Waals surface area contributed by atoms with Gasteiger partial charge in [0, 0.05) is 18.2 Å². The van der Waals surface area contributed by atoms with Gasteiger partial charge in [-0.25, -0.2) is 8.42 Å². The Morgan fingerprint density at radius 2 is 1.81 bits per heavy atom. The normalized spacial score (nSPS) is 18.4. The number of carbonyl (C=O) groups excluding carboxylic acids is 1. The van der Waals surface area contributed by atoms with Gasteiger partial charge < -0.3 is 9.64 Å². The number of amides is 1. The van der Waals surface area contributed by atoms with E-state index < -0.39 is 9.84 Å². The number of hydrogen-bond acceptors (Lipinski definition) is 4. The third kappa shape index (κ3) is 4.43. The summed E-state index contributed by atoms with van der Waals surface area (Å²) in [4.78, 5) is 14.7. The highest BCUT2D eigenvalue weighted by molar-refractivity contribution is 7.91. The zero-order chi connectivity index (χ0) is 18.6. The largest absolute Gasteiger partial charge is 0.494 e. The molecule has 1 heterocycles. The maximum atomic E-state index is 13.0. The van der Waals surface area contributed by atoms with E-state index in [1.165, 1.54) is 0 Å². The van der Waals surface area contributed by atoms with Crippen LogP contribution >= 0.6 is 0 Å². The van der Waals surface area contributed by atoms with Gasteiger partial charge >= 0.3 is 0 Å². The van der Waals surface area contributed by atoms with E-state index in [-0.39, 0.29) is 23.5 Å². The first-order valence-corrected chi connectivity index (χ1v) is 10.6. The van der Waals surface area contributed by atoms with E-state index in [1.807, 2.05) is 49.4 Å². The first-order valence-electron chi connectivity index (χ1n) is 8.76. The molecule has 138 valence electrons. The van der Waals surface area contributed by atoms with Gasteiger partial charge in [0.05, 0.1) is 18.1 Å². The summed E-state index contributed by atoms with van der Waals surface area (Å²) in [7, 11) is -3.08. The maximum Gasteiger partial charge on any atom is 0.254 e. The van der Waals surface area contributed by atoms with Crippen molar-refractivity contribution in [1.82, 2.24) is 4.90 Å². The molecule has 3 rings (SSSR count). The zero-order valence-corrected chi connectivity index (χ0v) is 15.6. The Bertz CT molecular complexity index is 847. The molecule has 1 saturated heterocycles. The average molecular weight is 373 g/mol. The Hall–Kier alpha value is -2.34. The molecule has 2 aromatic rings. The highest BCUT2D eigenvalue weighted by Gasteiger charge is 2.35. The number of sulfone groups is 1. The van der Waals surface area contributed by atoms with E-state index in [0.29, 0.717) is 25.1 Å². The summed E-state index contributed by atoms with van der Waals surface area (Å²) in [6.07, 6.45) is 0.484. The smallest absolute Gasteiger partial charge is 0.254 e. The van der Waals surface area contributed by atoms with Crippen molar-refractivity contribution in [3.05, 3.63) is 65.7 Å². The highest BCUT2D eigenvalue weighted by Crippen LogP contribution is 2.23. The lowest BCUT2D eigenvalue weighted by atomic mass is 10.1. The van der Waals surface area contributed by atoms with Crippen molar-refractivity contribution < 1.29 is 17.9 Å². The summed E-state index contributed by atoms with van der Waals surface area (Å²) in [5, 5.41) is 0. The molecule has 1 aliphatic heterocycles. The first kappa shape index (κ1) is 18.5. The molecule has 0 spiro atoms. The lowest BCUT2D eigenvalue weighted by Crippen LogP contribution is -2.40. The van der Waals surface area contributed by atoms with Gasteiger partial charge in [-0.3, -0.25) is 4.79 Å². The van der Waals surface area contributed by atoms with Crippen LogP contribution in [0.25, 0.3) is 0 Å². The molecule has 0 aromatic heterocycles. The van der Waals surface area contributed by atoms with E-state index >= 15 is 0 Å². The van der Waals surface area contributed by atoms with Gasteiger partial charge in [-0.05, 0) is 43.2 Å². The third-order valence-corrected chi connectivity index (χ3v) is 6.27. The molecule has 1 aliphatic rings. The molecule has 6 heteroatoms. The van der Waals surface area contributed by atoms with Crippen LogP contribution in [0.1, 0.15) is 29.3 Å². The maximum absolute atomic E-state index is 13.0. The van der Waals surface area contributed by atoms with Gasteiger partial charge in [0.1, 0.15) is 5.75 Å². The summed E-state index contributed by atoms with van der Waals surface area (Å²) < 4.78 is 29.3. The van der Waals surface area contributed by atoms with Crippen LogP contribution in [0.2, 0.25) is 0 Å². The molecule has 0 radical (unpaired) electrons. The van der Waals surface area contributed by atoms with Crippen molar-refractivity contribution in [3.63, 3.8) is 0 Å². The van der Waals surface area contributed by atoms with Gasteiger partial charge in [-0.15, -0.1) is 0 Å². The Morgan fingerprint density at radius 3 is 2.38 bits per heavy atom. The molecular formula is C20H23NO4S. The minimum Gasteiger partial charge on any atom is -0.494 e. The fourth-order valence-electron chi connectivity index (χ4n) is 3.19. The van der Waals surface area contributed by atoms with Gasteiger partial charge in [0.2, 0.25) is 0 Å². The van der Waals surface area contributed by atoms with Crippen LogP contribution in [0.4, 0.5) is 0 Å². The quantitative estimate of drug-likeness (QED) is 0.781. The van der Waals surface area contributed by atoms with Crippen LogP contribution in [-0.2, 0) is 16.4 Å². The summed E-state index contributed by atoms with van der Waals surface area (Å²) in [6, 6.07) is 16.3. The van der Waals surface area contributed by atoms with E-state index in [0.717, 1.165) is 11.3 Å². The Morgan fingerprint density at radius 1 is 1.12 bits per heavy atom. The van der Waals surface area contributed by atoms with Crippen molar-refractivity contribution in [3.8, 4) is 5.75 Å². The summed E-state index contributed by atoms with van der Waals surface area (Å²) in [5.41, 5.74) is 1.52. The number of rotatable bonds is 6. The molecule has 2 aromatic carbocycles. The zero-order valence-electron chi connectivity index (χ0n) is 14.8. The van der Waals surface area contributed by atoms with Crippen LogP contribution < -0.4 is 4.74 Å². The number of carbonyl (C=O) groups is 1. The monoisotopic (exact) mass is 373 g/mol. The predicted molar refractivity (Wildman–Crippen MR) is 101 cm³/mol. The fourth-order valence-corrected chi connectivity index (χ4v) is 4.92. The van der Waals surface area contributed by atoms with Gasteiger partial charge in [0.25, 0.3) is 5.91 Å². The molecule has 0 N–H and O–H groups in total. The summed E-state index contributed by atoms with van der Waals surface area (Å²) in [5.74, 6) is 0.810. The summed E-state index contributed by atoms with van der Waals surface area (Å²) in [6.45, 7) is 2.90. The van der Waals surface area contributed by atoms with Crippen LogP contribution in [0.3, 0.4) is 0 Å². The molecule has 1 fully saturated rings. The van der Waals surface area contributed by atoms with Crippen LogP contribution in [0.15, 0.2) is 54.6 Å². The molecule has 0 saturated carbocycles. The third-order valence-electron chi connectivity index (χ3n) is 4.52. The molecule has 0 bridgehead atoms. The lowest BCUT2D eigenvalue weighted by molar-refractivity contribution is 0.0681. The molecular weight excluding hydrogens is 350 g/mol. The van der Waals surface area contributed by atoms with Gasteiger partial charge in [-0.2, -0.15) is 0 Å². The van der Waals surface area contributed by atoms with Crippen LogP contribution in [0, 0.1) is 0 Å². The van der Waals surface area contributed by atoms with E-state index in [4.69, 9.17) is 4.74 Å². The van der Waals surface area contributed by atoms with Crippen molar-refractivity contribution in [2.75, 3.05) is 18.1 Å². The topological polar surface area (TPSA) is 63.7 Å². The molecule has 26 heavy (non-hydrogen) atoms. The second-order valence-corrected chi connectivity index (χ2v) is 8.66. The predicted octanol–water partition coefficient (Wildman–Crippen LogP) is 2.91. The minimum atomic E-state index is -3.08. The number of ether oxygens (including phenoxy) is 1. The van der Waals surface area contributed by atoms with Crippen molar-refractivity contribution in [2.24, 2.45) is 0 Å². The standard InChI is InChI=1S/C20H23NO4S/c1-2-25-19-10-8-16(9-11-19)14-21(18-12-13-26(23,24)15-18)20(22)17-6-4-3-5-7-17/h3-11,18H,2,12-15H2,1H3/t18-/m0/s1. The molecule has 1 atom stereocenters. The number of nitrogens with zero attached hydrogens (tertiary/aromatic N) is 1. The Balaban J connectivity index is 1.84. The van der Waals surface area contributed by atoms with Crippen molar-refractivity contribution in [2.45, 2.75) is 25.9 Å². The number of hydrogen-bond donors (Lipinski definition) is 0. The lowest BCUT2D eigenvalue weighted by Gasteiger charge is -2.28. The second kappa shape index (κ2) is 7.91. The number of benzene rings is 2. The molecule has 0 unspecified atom stereocenters. The van der Waals surface area contributed by atoms with Crippen molar-refractivity contribution in [1.29, 1.82) is 0 Å². The van der Waals surface area contributed by atoms with E-state index in [9.17, 15) is 13.2 Å². The average Bonchev–Trinajstić information content (AvgIpc) is 3.01. The minimum absolute atomic E-state index is 0.0304. The highest BCUT2D eigenvalue weighted by atomic mass is 32.2. The first-order chi connectivity index (χ1) is 12.5. The Labute approximate surface area is 154 Å². The van der Waals surface area contributed by atoms with Gasteiger partial charge in [-0.1, -0.05) is 30.3 Å². The molecule has 5 nitrogen and oxygen atoms in total. The van der Waals surface area contributed by atoms with Crippen molar-refractivity contribution >= 4 is 15.7 Å². The summed E-state index contributed by atoms with van der Waals surface area (Å²) >= 11 is 0. The molecule has 1 amide bonds. The van der Waals surface area contributed by atoms with Crippen LogP contribution in [-0.4, -0.2) is 43.4 Å². The second-order valence-electron chi connectivity index (χ2n) is 6.43. The fraction of sp³-hybridized carbons (Fsp3) is 0.350. The SMILES string of the molecule is CCOc1ccc(CN(C(=O)c2ccccc2)[C@H]2CCS(=O)(=O)C2)cc1. The van der Waals surface area contributed by atoms with E-state index in [2.05, 4.69) is 0 Å². The van der Waals surface area contributed by atoms with E-state index in [1.54, 1.807) is 17.0 Å². The van der Waals surface area contributed by atoms with Gasteiger partial charge in [0.15, 0.2) is 9.84 Å². The van der Waals surface area contributed by atoms with Crippen LogP contribution in [0.5, 0.6) is 5.75 Å². The molecule has 0 aliphatic carbocycles. The Kier molecular flexibility index (Phi) is 5.61.